The molecule has 200 valence electrons. The summed E-state index contributed by atoms with van der Waals surface area (Å²) in [6.45, 7) is 6.22. The molecule has 39 heavy (non-hydrogen) atoms. The number of amides is 1. The van der Waals surface area contributed by atoms with Crippen molar-refractivity contribution in [2.24, 2.45) is 5.92 Å². The molecule has 1 aliphatic heterocycles. The van der Waals surface area contributed by atoms with Crippen molar-refractivity contribution in [1.82, 2.24) is 19.5 Å². The van der Waals surface area contributed by atoms with E-state index in [0.717, 1.165) is 24.8 Å². The Morgan fingerprint density at radius 2 is 1.77 bits per heavy atom. The number of benzene rings is 2. The Balaban J connectivity index is 1.30. The maximum atomic E-state index is 14.0. The van der Waals surface area contributed by atoms with E-state index in [-0.39, 0.29) is 23.5 Å². The van der Waals surface area contributed by atoms with Crippen LogP contribution in [0.3, 0.4) is 0 Å². The summed E-state index contributed by atoms with van der Waals surface area (Å²) < 4.78 is 6.73. The molecular weight excluding hydrogens is 490 g/mol. The number of nitrogens with one attached hydrogen (secondary N) is 1. The average Bonchev–Trinajstić information content (AvgIpc) is 3.52. The fourth-order valence-corrected chi connectivity index (χ4v) is 6.41. The van der Waals surface area contributed by atoms with E-state index >= 15 is 0 Å². The first-order chi connectivity index (χ1) is 19.0. The fraction of sp³-hybridized carbons (Fsp3) is 0.355. The van der Waals surface area contributed by atoms with E-state index in [2.05, 4.69) is 46.6 Å². The molecule has 1 unspecified atom stereocenters. The third-order valence-corrected chi connectivity index (χ3v) is 8.52. The molecule has 1 saturated heterocycles. The third kappa shape index (κ3) is 4.33. The number of aromatic nitrogens is 3. The van der Waals surface area contributed by atoms with Gasteiger partial charge in [0, 0.05) is 31.2 Å². The number of hydrogen-bond acceptors (Lipinski definition) is 6. The van der Waals surface area contributed by atoms with Crippen LogP contribution < -0.4 is 5.32 Å². The van der Waals surface area contributed by atoms with Crippen molar-refractivity contribution in [3.63, 3.8) is 0 Å². The van der Waals surface area contributed by atoms with E-state index in [1.807, 2.05) is 35.2 Å². The van der Waals surface area contributed by atoms with E-state index in [1.54, 1.807) is 17.6 Å². The monoisotopic (exact) mass is 523 g/mol. The standard InChI is InChI=1S/C31H33N5O3/c1-3-39-30(38)25-20-34-36-27(32-18-22-9-5-4-6-10-22)24(19-33-28(25)36)29(37)35-15-13-31(14-16-35)21(2)17-23-11-7-8-12-26(23)31/h4-12,19-21,32H,3,13-18H2,1-2H3. The molecule has 3 heterocycles. The van der Waals surface area contributed by atoms with Gasteiger partial charge in [-0.05, 0) is 48.8 Å². The molecule has 1 N–H and O–H groups in total. The Morgan fingerprint density at radius 3 is 2.54 bits per heavy atom. The van der Waals surface area contributed by atoms with Crippen LogP contribution in [0.4, 0.5) is 5.82 Å². The van der Waals surface area contributed by atoms with E-state index in [9.17, 15) is 9.59 Å². The molecule has 1 aliphatic carbocycles. The number of ether oxygens (including phenoxy) is 1. The zero-order valence-corrected chi connectivity index (χ0v) is 22.4. The average molecular weight is 524 g/mol. The molecular formula is C31H33N5O3. The molecule has 1 atom stereocenters. The second-order valence-corrected chi connectivity index (χ2v) is 10.6. The normalized spacial score (nSPS) is 17.8. The van der Waals surface area contributed by atoms with Gasteiger partial charge < -0.3 is 15.0 Å². The Labute approximate surface area is 228 Å². The van der Waals surface area contributed by atoms with Crippen LogP contribution in [0, 0.1) is 5.92 Å². The van der Waals surface area contributed by atoms with Gasteiger partial charge in [0.2, 0.25) is 0 Å². The highest BCUT2D eigenvalue weighted by Crippen LogP contribution is 2.49. The van der Waals surface area contributed by atoms with Crippen LogP contribution in [0.2, 0.25) is 0 Å². The van der Waals surface area contributed by atoms with Crippen LogP contribution in [0.25, 0.3) is 5.65 Å². The summed E-state index contributed by atoms with van der Waals surface area (Å²) in [5.41, 5.74) is 5.16. The van der Waals surface area contributed by atoms with Crippen LogP contribution >= 0.6 is 0 Å². The molecule has 8 heteroatoms. The van der Waals surface area contributed by atoms with Crippen molar-refractivity contribution in [3.8, 4) is 0 Å². The zero-order valence-electron chi connectivity index (χ0n) is 22.4. The van der Waals surface area contributed by atoms with E-state index < -0.39 is 5.97 Å². The van der Waals surface area contributed by atoms with Gasteiger partial charge in [-0.2, -0.15) is 9.61 Å². The maximum absolute atomic E-state index is 14.0. The van der Waals surface area contributed by atoms with Gasteiger partial charge in [0.05, 0.1) is 12.8 Å². The molecule has 6 rings (SSSR count). The van der Waals surface area contributed by atoms with Gasteiger partial charge in [-0.3, -0.25) is 4.79 Å². The summed E-state index contributed by atoms with van der Waals surface area (Å²) in [6.07, 6.45) is 5.99. The predicted molar refractivity (Wildman–Crippen MR) is 149 cm³/mol. The van der Waals surface area contributed by atoms with E-state index in [0.29, 0.717) is 42.6 Å². The summed E-state index contributed by atoms with van der Waals surface area (Å²) in [5, 5.41) is 7.84. The summed E-state index contributed by atoms with van der Waals surface area (Å²) in [5.74, 6) is 0.505. The largest absolute Gasteiger partial charge is 0.462 e. The lowest BCUT2D eigenvalue weighted by Crippen LogP contribution is -2.47. The van der Waals surface area contributed by atoms with Crippen molar-refractivity contribution in [2.45, 2.75) is 45.1 Å². The van der Waals surface area contributed by atoms with Crippen LogP contribution in [0.5, 0.6) is 0 Å². The molecule has 4 aromatic rings. The SMILES string of the molecule is CCOC(=O)c1cnn2c(NCc3ccccc3)c(C(=O)N3CCC4(CC3)c3ccccc3CC4C)cnc12. The second kappa shape index (κ2) is 10.2. The molecule has 1 spiro atoms. The van der Waals surface area contributed by atoms with Gasteiger partial charge in [-0.1, -0.05) is 61.5 Å². The maximum Gasteiger partial charge on any atom is 0.343 e. The van der Waals surface area contributed by atoms with Crippen molar-refractivity contribution in [2.75, 3.05) is 25.0 Å². The third-order valence-electron chi connectivity index (χ3n) is 8.52. The number of anilines is 1. The van der Waals surface area contributed by atoms with Gasteiger partial charge >= 0.3 is 5.97 Å². The summed E-state index contributed by atoms with van der Waals surface area (Å²) in [7, 11) is 0. The first-order valence-corrected chi connectivity index (χ1v) is 13.7. The second-order valence-electron chi connectivity index (χ2n) is 10.6. The first-order valence-electron chi connectivity index (χ1n) is 13.7. The van der Waals surface area contributed by atoms with Crippen LogP contribution in [0.1, 0.15) is 64.1 Å². The Hall–Kier alpha value is -4.20. The van der Waals surface area contributed by atoms with Crippen LogP contribution in [0.15, 0.2) is 67.0 Å². The number of esters is 1. The molecule has 2 aromatic carbocycles. The molecule has 2 aromatic heterocycles. The van der Waals surface area contributed by atoms with E-state index in [1.165, 1.54) is 17.3 Å². The van der Waals surface area contributed by atoms with Crippen molar-refractivity contribution in [1.29, 1.82) is 0 Å². The van der Waals surface area contributed by atoms with Crippen LogP contribution in [-0.2, 0) is 23.1 Å². The lowest BCUT2D eigenvalue weighted by molar-refractivity contribution is 0.0528. The van der Waals surface area contributed by atoms with Crippen LogP contribution in [-0.4, -0.2) is 51.1 Å². The van der Waals surface area contributed by atoms with Crippen molar-refractivity contribution >= 4 is 23.3 Å². The molecule has 0 saturated carbocycles. The minimum atomic E-state index is -0.486. The molecule has 1 fully saturated rings. The topological polar surface area (TPSA) is 88.8 Å². The number of hydrogen-bond donors (Lipinski definition) is 1. The highest BCUT2D eigenvalue weighted by molar-refractivity contribution is 6.00. The van der Waals surface area contributed by atoms with Crippen molar-refractivity contribution < 1.29 is 14.3 Å². The van der Waals surface area contributed by atoms with Gasteiger partial charge in [-0.25, -0.2) is 9.78 Å². The number of rotatable bonds is 6. The minimum absolute atomic E-state index is 0.0815. The number of carbonyl (C=O) groups excluding carboxylic acids is 2. The smallest absolute Gasteiger partial charge is 0.343 e. The van der Waals surface area contributed by atoms with Crippen molar-refractivity contribution in [3.05, 3.63) is 94.8 Å². The van der Waals surface area contributed by atoms with Gasteiger partial charge in [0.1, 0.15) is 16.9 Å². The summed E-state index contributed by atoms with van der Waals surface area (Å²) in [6, 6.07) is 18.7. The number of carbonyl (C=O) groups is 2. The highest BCUT2D eigenvalue weighted by atomic mass is 16.5. The summed E-state index contributed by atoms with van der Waals surface area (Å²) in [4.78, 5) is 32.9. The minimum Gasteiger partial charge on any atom is -0.462 e. The molecule has 8 nitrogen and oxygen atoms in total. The summed E-state index contributed by atoms with van der Waals surface area (Å²) >= 11 is 0. The number of fused-ring (bicyclic) bond motifs is 3. The Kier molecular flexibility index (Phi) is 6.54. The fourth-order valence-electron chi connectivity index (χ4n) is 6.41. The van der Waals surface area contributed by atoms with Gasteiger partial charge in [0.25, 0.3) is 5.91 Å². The van der Waals surface area contributed by atoms with Gasteiger partial charge in [-0.15, -0.1) is 0 Å². The molecule has 2 aliphatic rings. The van der Waals surface area contributed by atoms with Gasteiger partial charge in [0.15, 0.2) is 5.65 Å². The number of nitrogens with zero attached hydrogens (tertiary/aromatic N) is 4. The lowest BCUT2D eigenvalue weighted by atomic mass is 9.68. The highest BCUT2D eigenvalue weighted by Gasteiger charge is 2.46. The Bertz CT molecular complexity index is 1520. The Morgan fingerprint density at radius 1 is 1.03 bits per heavy atom. The number of likely N-dealkylation sites (tertiary alicyclic amines) is 1. The molecule has 0 radical (unpaired) electrons. The first kappa shape index (κ1) is 25.1. The predicted octanol–water partition coefficient (Wildman–Crippen LogP) is 4.88. The molecule has 1 amide bonds. The quantitative estimate of drug-likeness (QED) is 0.362. The van der Waals surface area contributed by atoms with E-state index in [4.69, 9.17) is 4.74 Å². The lowest BCUT2D eigenvalue weighted by Gasteiger charge is -2.43. The zero-order chi connectivity index (χ0) is 27.0. The molecule has 0 bridgehead atoms. The number of piperidine rings is 1.